The number of allylic oxidation sites excluding steroid dienone is 4. The molecule has 2 amide bonds. The number of nitrogens with zero attached hydrogens (tertiary/aromatic N) is 6. The van der Waals surface area contributed by atoms with Crippen molar-refractivity contribution in [2.75, 3.05) is 54.9 Å². The molecule has 0 bridgehead atoms. The zero-order chi connectivity index (χ0) is 44.9. The summed E-state index contributed by atoms with van der Waals surface area (Å²) in [6.07, 6.45) is 6.69. The summed E-state index contributed by atoms with van der Waals surface area (Å²) in [6, 6.07) is -0.139. The number of carbonyl (C=O) groups excluding carboxylic acids is 4. The molecular weight excluding hydrogens is 885 g/mol. The Morgan fingerprint density at radius 1 is 0.717 bits per heavy atom. The van der Waals surface area contributed by atoms with E-state index in [4.69, 9.17) is 29.7 Å². The lowest BCUT2D eigenvalue weighted by Crippen LogP contribution is -2.49. The smallest absolute Gasteiger partial charge is 0.407 e. The van der Waals surface area contributed by atoms with Crippen LogP contribution >= 0.6 is 22.6 Å². The van der Waals surface area contributed by atoms with Crippen LogP contribution in [0, 0.1) is 3.70 Å². The van der Waals surface area contributed by atoms with E-state index in [-0.39, 0.29) is 36.2 Å². The summed E-state index contributed by atoms with van der Waals surface area (Å²) in [5.74, 6) is 0.604. The molecule has 0 spiro atoms. The van der Waals surface area contributed by atoms with Crippen molar-refractivity contribution in [3.05, 3.63) is 38.4 Å². The van der Waals surface area contributed by atoms with Gasteiger partial charge in [0.05, 0.1) is 13.2 Å². The number of amides is 2. The molecule has 0 radical (unpaired) electrons. The van der Waals surface area contributed by atoms with E-state index in [1.807, 2.05) is 84.8 Å². The van der Waals surface area contributed by atoms with Crippen LogP contribution in [0.2, 0.25) is 0 Å². The molecule has 0 saturated carbocycles. The minimum absolute atomic E-state index is 0.0501. The molecule has 0 aliphatic carbocycles. The Hall–Kier alpha value is -4.49. The molecule has 4 rings (SSSR count). The molecule has 2 aromatic rings. The van der Waals surface area contributed by atoms with Crippen molar-refractivity contribution >= 4 is 64.4 Å². The molecule has 2 aliphatic heterocycles. The van der Waals surface area contributed by atoms with Gasteiger partial charge in [0.1, 0.15) is 14.9 Å². The van der Waals surface area contributed by atoms with Gasteiger partial charge in [-0.25, -0.2) is 24.2 Å². The number of piperidine rings is 2. The van der Waals surface area contributed by atoms with E-state index < -0.39 is 29.4 Å². The first-order valence-corrected chi connectivity index (χ1v) is 21.8. The highest BCUT2D eigenvalue weighted by molar-refractivity contribution is 14.1. The predicted molar refractivity (Wildman–Crippen MR) is 242 cm³/mol. The number of nitrogens with one attached hydrogen (secondary N) is 2. The van der Waals surface area contributed by atoms with Gasteiger partial charge in [0, 0.05) is 51.4 Å². The number of imidazole rings is 2. The molecule has 0 aromatic carbocycles. The van der Waals surface area contributed by atoms with Gasteiger partial charge < -0.3 is 45.1 Å². The van der Waals surface area contributed by atoms with E-state index in [1.165, 1.54) is 0 Å². The molecular formula is C42H68IN9O8. The Balaban J connectivity index is 0.000000320. The number of esters is 2. The fourth-order valence-electron chi connectivity index (χ4n) is 6.56. The van der Waals surface area contributed by atoms with Crippen LogP contribution in [0.4, 0.5) is 27.3 Å². The highest BCUT2D eigenvalue weighted by Crippen LogP contribution is 2.28. The van der Waals surface area contributed by atoms with Crippen molar-refractivity contribution in [2.24, 2.45) is 0 Å². The topological polar surface area (TPSA) is 197 Å². The van der Waals surface area contributed by atoms with E-state index in [0.29, 0.717) is 48.1 Å². The van der Waals surface area contributed by atoms with Crippen molar-refractivity contribution in [2.45, 2.75) is 145 Å². The van der Waals surface area contributed by atoms with Crippen molar-refractivity contribution in [1.29, 1.82) is 0 Å². The van der Waals surface area contributed by atoms with Crippen LogP contribution in [0.1, 0.15) is 130 Å². The lowest BCUT2D eigenvalue weighted by molar-refractivity contribution is 0.0487. The van der Waals surface area contributed by atoms with E-state index in [9.17, 15) is 19.2 Å². The number of halogens is 1. The maximum Gasteiger partial charge on any atom is 0.407 e. The Morgan fingerprint density at radius 2 is 1.12 bits per heavy atom. The lowest BCUT2D eigenvalue weighted by Gasteiger charge is -2.34. The highest BCUT2D eigenvalue weighted by atomic mass is 127. The Bertz CT molecular complexity index is 1720. The average molecular weight is 954 g/mol. The van der Waals surface area contributed by atoms with Crippen molar-refractivity contribution < 1.29 is 38.1 Å². The lowest BCUT2D eigenvalue weighted by atomic mass is 10.1. The molecule has 4 heterocycles. The quantitative estimate of drug-likeness (QED) is 0.0835. The normalized spacial score (nSPS) is 16.8. The van der Waals surface area contributed by atoms with Gasteiger partial charge in [-0.05, 0) is 131 Å². The van der Waals surface area contributed by atoms with Crippen LogP contribution < -0.4 is 26.2 Å². The van der Waals surface area contributed by atoms with Gasteiger partial charge in [0.15, 0.2) is 17.2 Å². The molecule has 0 unspecified atom stereocenters. The second kappa shape index (κ2) is 22.4. The molecule has 2 saturated heterocycles. The second-order valence-electron chi connectivity index (χ2n) is 17.3. The Morgan fingerprint density at radius 3 is 1.52 bits per heavy atom. The molecule has 2 aromatic heterocycles. The largest absolute Gasteiger partial charge is 0.461 e. The summed E-state index contributed by atoms with van der Waals surface area (Å²) in [5.41, 5.74) is 8.00. The molecule has 336 valence electrons. The first-order chi connectivity index (χ1) is 28.0. The number of carbonyl (C=O) groups is 4. The van der Waals surface area contributed by atoms with Crippen LogP contribution in [0.25, 0.3) is 0 Å². The minimum Gasteiger partial charge on any atom is -0.461 e. The van der Waals surface area contributed by atoms with E-state index in [2.05, 4.69) is 49.2 Å². The second-order valence-corrected chi connectivity index (χ2v) is 18.3. The SMILES string of the molecule is CCOC(=O)c1c(I)nc(N2CCC[C@@H](NC(=O)OC(C)(C)C)C2)n1CC=C(C)C.CCOC(=O)c1c(N)nc(N2CCC[C@@H](NC(=O)OC(C)(C)C)C2)n1CC=C(C)C. The average Bonchev–Trinajstić information content (AvgIpc) is 3.64. The predicted octanol–water partition coefficient (Wildman–Crippen LogP) is 7.23. The van der Waals surface area contributed by atoms with Gasteiger partial charge in [-0.15, -0.1) is 0 Å². The number of nitrogens with two attached hydrogens (primary N) is 1. The molecule has 60 heavy (non-hydrogen) atoms. The molecule has 2 aliphatic rings. The van der Waals surface area contributed by atoms with Crippen molar-refractivity contribution in [3.8, 4) is 0 Å². The van der Waals surface area contributed by atoms with Gasteiger partial charge in [-0.1, -0.05) is 23.3 Å². The number of anilines is 3. The monoisotopic (exact) mass is 953 g/mol. The number of alkyl carbamates (subject to hydrolysis) is 2. The molecule has 2 fully saturated rings. The number of rotatable bonds is 12. The Kier molecular flexibility index (Phi) is 18.6. The van der Waals surface area contributed by atoms with Crippen molar-refractivity contribution in [1.82, 2.24) is 29.7 Å². The number of nitrogen functional groups attached to an aromatic ring is 1. The number of aromatic nitrogens is 4. The third-order valence-electron chi connectivity index (χ3n) is 9.03. The zero-order valence-corrected chi connectivity index (χ0v) is 39.9. The van der Waals surface area contributed by atoms with Gasteiger partial charge >= 0.3 is 24.1 Å². The van der Waals surface area contributed by atoms with Gasteiger partial charge in [0.2, 0.25) is 11.9 Å². The third-order valence-corrected chi connectivity index (χ3v) is 9.78. The summed E-state index contributed by atoms with van der Waals surface area (Å²) in [7, 11) is 0. The maximum atomic E-state index is 12.6. The van der Waals surface area contributed by atoms with Gasteiger partial charge in [-0.2, -0.15) is 4.98 Å². The summed E-state index contributed by atoms with van der Waals surface area (Å²) in [5, 5.41) is 5.90. The summed E-state index contributed by atoms with van der Waals surface area (Å²) >= 11 is 2.08. The van der Waals surface area contributed by atoms with Crippen LogP contribution in [-0.4, -0.2) is 106 Å². The summed E-state index contributed by atoms with van der Waals surface area (Å²) < 4.78 is 25.5. The minimum atomic E-state index is -0.554. The summed E-state index contributed by atoms with van der Waals surface area (Å²) in [4.78, 5) is 62.8. The standard InChI is InChI=1S/C21H33IN4O4.C21H35N5O4/c2*1-7-29-18(27)16-17(22)24-19(26(16)12-10-14(2)3)25-11-8-9-15(13-25)23-20(28)30-21(4,5)6/h10,15H,7-9,11-13H2,1-6H3,(H,23,28);10,15H,7-9,11-13,22H2,1-6H3,(H,23,28)/t2*15-/m11/s1. The molecule has 2 atom stereocenters. The van der Waals surface area contributed by atoms with Crippen LogP contribution in [-0.2, 0) is 32.0 Å². The summed E-state index contributed by atoms with van der Waals surface area (Å²) in [6.45, 7) is 26.9. The molecule has 4 N–H and O–H groups in total. The fourth-order valence-corrected chi connectivity index (χ4v) is 7.29. The van der Waals surface area contributed by atoms with E-state index in [1.54, 1.807) is 18.4 Å². The fraction of sp³-hybridized carbons (Fsp3) is 0.667. The highest BCUT2D eigenvalue weighted by Gasteiger charge is 2.32. The third kappa shape index (κ3) is 15.5. The van der Waals surface area contributed by atoms with Crippen molar-refractivity contribution in [3.63, 3.8) is 0 Å². The first-order valence-electron chi connectivity index (χ1n) is 20.7. The first kappa shape index (κ1) is 49.9. The van der Waals surface area contributed by atoms with Gasteiger partial charge in [-0.3, -0.25) is 9.13 Å². The molecule has 18 heteroatoms. The van der Waals surface area contributed by atoms with Crippen LogP contribution in [0.3, 0.4) is 0 Å². The van der Waals surface area contributed by atoms with Crippen LogP contribution in [0.15, 0.2) is 23.3 Å². The number of ether oxygens (including phenoxy) is 4. The molecule has 17 nitrogen and oxygen atoms in total. The maximum absolute atomic E-state index is 12.6. The van der Waals surface area contributed by atoms with Gasteiger partial charge in [0.25, 0.3) is 0 Å². The number of hydrogen-bond acceptors (Lipinski definition) is 13. The Labute approximate surface area is 369 Å². The van der Waals surface area contributed by atoms with E-state index in [0.717, 1.165) is 55.9 Å². The van der Waals surface area contributed by atoms with Crippen LogP contribution in [0.5, 0.6) is 0 Å². The number of hydrogen-bond donors (Lipinski definition) is 3. The van der Waals surface area contributed by atoms with E-state index >= 15 is 0 Å². The zero-order valence-electron chi connectivity index (χ0n) is 37.7.